The SMILES string of the molecule is CC(C)C(C)CNC(=O)N1C[C@H](O)C[C@H]1C(=O)O. The first-order chi connectivity index (χ1) is 8.32. The van der Waals surface area contributed by atoms with Crippen LogP contribution in [0, 0.1) is 11.8 Å². The van der Waals surface area contributed by atoms with Crippen LogP contribution in [0.1, 0.15) is 27.2 Å². The molecule has 6 heteroatoms. The molecule has 3 N–H and O–H groups in total. The zero-order chi connectivity index (χ0) is 13.9. The summed E-state index contributed by atoms with van der Waals surface area (Å²) in [4.78, 5) is 24.0. The summed E-state index contributed by atoms with van der Waals surface area (Å²) in [5, 5.41) is 21.2. The average Bonchev–Trinajstić information content (AvgIpc) is 2.67. The maximum Gasteiger partial charge on any atom is 0.326 e. The van der Waals surface area contributed by atoms with Crippen LogP contribution in [-0.2, 0) is 4.79 Å². The lowest BCUT2D eigenvalue weighted by Gasteiger charge is -2.23. The van der Waals surface area contributed by atoms with Gasteiger partial charge in [-0.3, -0.25) is 0 Å². The van der Waals surface area contributed by atoms with Gasteiger partial charge in [0.25, 0.3) is 0 Å². The maximum absolute atomic E-state index is 11.9. The number of aliphatic hydroxyl groups is 1. The highest BCUT2D eigenvalue weighted by Gasteiger charge is 2.38. The maximum atomic E-state index is 11.9. The van der Waals surface area contributed by atoms with E-state index in [4.69, 9.17) is 5.11 Å². The number of hydrogen-bond acceptors (Lipinski definition) is 3. The third-order valence-electron chi connectivity index (χ3n) is 3.54. The topological polar surface area (TPSA) is 89.9 Å². The summed E-state index contributed by atoms with van der Waals surface area (Å²) in [7, 11) is 0. The number of rotatable bonds is 4. The van der Waals surface area contributed by atoms with E-state index in [1.54, 1.807) is 0 Å². The van der Waals surface area contributed by atoms with Crippen LogP contribution < -0.4 is 5.32 Å². The highest BCUT2D eigenvalue weighted by atomic mass is 16.4. The minimum Gasteiger partial charge on any atom is -0.480 e. The van der Waals surface area contributed by atoms with Crippen LogP contribution in [0.3, 0.4) is 0 Å². The van der Waals surface area contributed by atoms with Crippen molar-refractivity contribution < 1.29 is 19.8 Å². The zero-order valence-electron chi connectivity index (χ0n) is 11.1. The second-order valence-corrected chi connectivity index (χ2v) is 5.30. The number of urea groups is 1. The van der Waals surface area contributed by atoms with Gasteiger partial charge >= 0.3 is 12.0 Å². The lowest BCUT2D eigenvalue weighted by molar-refractivity contribution is -0.141. The number of carbonyl (C=O) groups excluding carboxylic acids is 1. The first-order valence-electron chi connectivity index (χ1n) is 6.28. The second kappa shape index (κ2) is 6.04. The quantitative estimate of drug-likeness (QED) is 0.685. The van der Waals surface area contributed by atoms with Crippen molar-refractivity contribution in [2.45, 2.75) is 39.3 Å². The van der Waals surface area contributed by atoms with Crippen LogP contribution in [0.4, 0.5) is 4.79 Å². The molecule has 18 heavy (non-hydrogen) atoms. The van der Waals surface area contributed by atoms with Crippen LogP contribution in [0.25, 0.3) is 0 Å². The molecule has 0 spiro atoms. The van der Waals surface area contributed by atoms with E-state index in [9.17, 15) is 14.7 Å². The van der Waals surface area contributed by atoms with E-state index in [1.165, 1.54) is 4.90 Å². The monoisotopic (exact) mass is 258 g/mol. The van der Waals surface area contributed by atoms with E-state index in [0.717, 1.165) is 0 Å². The Labute approximate surface area is 107 Å². The molecule has 1 heterocycles. The molecule has 6 nitrogen and oxygen atoms in total. The van der Waals surface area contributed by atoms with Gasteiger partial charge in [-0.15, -0.1) is 0 Å². The molecule has 1 unspecified atom stereocenters. The Hall–Kier alpha value is -1.30. The first-order valence-corrected chi connectivity index (χ1v) is 6.28. The summed E-state index contributed by atoms with van der Waals surface area (Å²) in [6.45, 7) is 6.75. The molecular formula is C12H22N2O4. The van der Waals surface area contributed by atoms with E-state index in [-0.39, 0.29) is 13.0 Å². The van der Waals surface area contributed by atoms with Gasteiger partial charge in [0, 0.05) is 19.5 Å². The number of nitrogens with one attached hydrogen (secondary N) is 1. The molecule has 1 fully saturated rings. The van der Waals surface area contributed by atoms with Crippen molar-refractivity contribution in [3.05, 3.63) is 0 Å². The number of hydrogen-bond donors (Lipinski definition) is 3. The molecular weight excluding hydrogens is 236 g/mol. The first kappa shape index (κ1) is 14.8. The predicted molar refractivity (Wildman–Crippen MR) is 66.2 cm³/mol. The number of nitrogens with zero attached hydrogens (tertiary/aromatic N) is 1. The summed E-state index contributed by atoms with van der Waals surface area (Å²) in [6, 6.07) is -1.33. The molecule has 0 aliphatic carbocycles. The number of carbonyl (C=O) groups is 2. The Bertz CT molecular complexity index is 319. The van der Waals surface area contributed by atoms with Crippen molar-refractivity contribution in [2.24, 2.45) is 11.8 Å². The van der Waals surface area contributed by atoms with Crippen molar-refractivity contribution in [2.75, 3.05) is 13.1 Å². The number of carboxylic acid groups (broad SMARTS) is 1. The standard InChI is InChI=1S/C12H22N2O4/c1-7(2)8(3)5-13-12(18)14-6-9(15)4-10(14)11(16)17/h7-10,15H,4-6H2,1-3H3,(H,13,18)(H,16,17)/t8?,9-,10+/m1/s1. The van der Waals surface area contributed by atoms with Crippen molar-refractivity contribution >= 4 is 12.0 Å². The van der Waals surface area contributed by atoms with Crippen molar-refractivity contribution in [1.82, 2.24) is 10.2 Å². The molecule has 0 aromatic rings. The molecule has 1 aliphatic heterocycles. The molecule has 3 atom stereocenters. The highest BCUT2D eigenvalue weighted by molar-refractivity contribution is 5.83. The molecule has 1 rings (SSSR count). The fraction of sp³-hybridized carbons (Fsp3) is 0.833. The van der Waals surface area contributed by atoms with E-state index >= 15 is 0 Å². The molecule has 0 radical (unpaired) electrons. The lowest BCUT2D eigenvalue weighted by Crippen LogP contribution is -2.47. The number of aliphatic carboxylic acids is 1. The summed E-state index contributed by atoms with van der Waals surface area (Å²) in [5.41, 5.74) is 0. The largest absolute Gasteiger partial charge is 0.480 e. The van der Waals surface area contributed by atoms with Crippen molar-refractivity contribution in [1.29, 1.82) is 0 Å². The van der Waals surface area contributed by atoms with Gasteiger partial charge < -0.3 is 20.4 Å². The van der Waals surface area contributed by atoms with Crippen LogP contribution in [0.5, 0.6) is 0 Å². The Morgan fingerprint density at radius 2 is 2.00 bits per heavy atom. The second-order valence-electron chi connectivity index (χ2n) is 5.30. The van der Waals surface area contributed by atoms with Gasteiger partial charge in [-0.25, -0.2) is 9.59 Å². The van der Waals surface area contributed by atoms with Gasteiger partial charge in [-0.2, -0.15) is 0 Å². The van der Waals surface area contributed by atoms with E-state index in [1.807, 2.05) is 6.92 Å². The van der Waals surface area contributed by atoms with Gasteiger partial charge in [-0.05, 0) is 11.8 Å². The summed E-state index contributed by atoms with van der Waals surface area (Å²) < 4.78 is 0. The normalized spacial score (nSPS) is 25.3. The third kappa shape index (κ3) is 3.60. The van der Waals surface area contributed by atoms with E-state index in [0.29, 0.717) is 18.4 Å². The van der Waals surface area contributed by atoms with Gasteiger partial charge in [0.15, 0.2) is 0 Å². The highest BCUT2D eigenvalue weighted by Crippen LogP contribution is 2.18. The van der Waals surface area contributed by atoms with Crippen LogP contribution in [0.2, 0.25) is 0 Å². The molecule has 0 aromatic heterocycles. The zero-order valence-corrected chi connectivity index (χ0v) is 11.1. The molecule has 2 amide bonds. The fourth-order valence-corrected chi connectivity index (χ4v) is 1.86. The summed E-state index contributed by atoms with van der Waals surface area (Å²) in [5.74, 6) is -0.298. The number of amides is 2. The molecule has 1 aliphatic rings. The Morgan fingerprint density at radius 1 is 1.39 bits per heavy atom. The van der Waals surface area contributed by atoms with Crippen LogP contribution in [0.15, 0.2) is 0 Å². The number of likely N-dealkylation sites (tertiary alicyclic amines) is 1. The minimum absolute atomic E-state index is 0.0822. The van der Waals surface area contributed by atoms with Crippen LogP contribution in [-0.4, -0.2) is 52.3 Å². The third-order valence-corrected chi connectivity index (χ3v) is 3.54. The lowest BCUT2D eigenvalue weighted by atomic mass is 9.98. The Kier molecular flexibility index (Phi) is 4.95. The number of β-amino-alcohol motifs (C(OH)–C–C–N with tert-alkyl or cyclic N) is 1. The van der Waals surface area contributed by atoms with E-state index in [2.05, 4.69) is 19.2 Å². The van der Waals surface area contributed by atoms with Crippen molar-refractivity contribution in [3.63, 3.8) is 0 Å². The predicted octanol–water partition coefficient (Wildman–Crippen LogP) is 0.508. The van der Waals surface area contributed by atoms with Crippen molar-refractivity contribution in [3.8, 4) is 0 Å². The molecule has 104 valence electrons. The minimum atomic E-state index is -1.07. The summed E-state index contributed by atoms with van der Waals surface area (Å²) in [6.07, 6.45) is -0.651. The van der Waals surface area contributed by atoms with Gasteiger partial charge in [-0.1, -0.05) is 20.8 Å². The average molecular weight is 258 g/mol. The smallest absolute Gasteiger partial charge is 0.326 e. The fourth-order valence-electron chi connectivity index (χ4n) is 1.86. The van der Waals surface area contributed by atoms with E-state index < -0.39 is 24.1 Å². The molecule has 0 saturated carbocycles. The molecule has 0 bridgehead atoms. The Morgan fingerprint density at radius 3 is 2.50 bits per heavy atom. The van der Waals surface area contributed by atoms with Gasteiger partial charge in [0.1, 0.15) is 6.04 Å². The van der Waals surface area contributed by atoms with Crippen LogP contribution >= 0.6 is 0 Å². The van der Waals surface area contributed by atoms with Gasteiger partial charge in [0.05, 0.1) is 6.10 Å². The summed E-state index contributed by atoms with van der Waals surface area (Å²) >= 11 is 0. The number of carboxylic acids is 1. The van der Waals surface area contributed by atoms with Gasteiger partial charge in [0.2, 0.25) is 0 Å². The Balaban J connectivity index is 2.52. The molecule has 1 saturated heterocycles. The number of aliphatic hydroxyl groups excluding tert-OH is 1. The molecule has 0 aromatic carbocycles.